The molecule has 0 heterocycles. The van der Waals surface area contributed by atoms with E-state index in [9.17, 15) is 4.79 Å². The highest BCUT2D eigenvalue weighted by Crippen LogP contribution is 2.12. The van der Waals surface area contributed by atoms with Crippen molar-refractivity contribution in [1.82, 2.24) is 15.5 Å². The Morgan fingerprint density at radius 1 is 1.29 bits per heavy atom. The first-order chi connectivity index (χ1) is 8.13. The molecule has 0 aliphatic heterocycles. The van der Waals surface area contributed by atoms with Gasteiger partial charge >= 0.3 is 0 Å². The topological polar surface area (TPSA) is 44.4 Å². The van der Waals surface area contributed by atoms with E-state index in [1.54, 1.807) is 7.05 Å². The van der Waals surface area contributed by atoms with Gasteiger partial charge in [-0.1, -0.05) is 30.3 Å². The van der Waals surface area contributed by atoms with E-state index in [1.165, 1.54) is 0 Å². The summed E-state index contributed by atoms with van der Waals surface area (Å²) in [6, 6.07) is 10.1. The number of hydrogen-bond acceptors (Lipinski definition) is 3. The fourth-order valence-electron chi connectivity index (χ4n) is 1.69. The third-order valence-electron chi connectivity index (χ3n) is 2.42. The SMILES string of the molecule is CNCC(=O)NC(CN(C)C)c1ccccc1. The molecule has 1 rings (SSSR count). The van der Waals surface area contributed by atoms with Gasteiger partial charge < -0.3 is 15.5 Å². The Morgan fingerprint density at radius 2 is 1.94 bits per heavy atom. The average molecular weight is 235 g/mol. The molecule has 4 heteroatoms. The molecule has 94 valence electrons. The van der Waals surface area contributed by atoms with Crippen molar-refractivity contribution in [3.8, 4) is 0 Å². The van der Waals surface area contributed by atoms with Crippen LogP contribution in [0.3, 0.4) is 0 Å². The minimum Gasteiger partial charge on any atom is -0.347 e. The molecule has 1 unspecified atom stereocenters. The van der Waals surface area contributed by atoms with Crippen molar-refractivity contribution < 1.29 is 4.79 Å². The van der Waals surface area contributed by atoms with E-state index in [1.807, 2.05) is 44.4 Å². The number of hydrogen-bond donors (Lipinski definition) is 2. The van der Waals surface area contributed by atoms with E-state index in [2.05, 4.69) is 15.5 Å². The highest BCUT2D eigenvalue weighted by Gasteiger charge is 2.14. The first kappa shape index (κ1) is 13.7. The molecule has 1 amide bonds. The second-order valence-corrected chi connectivity index (χ2v) is 4.32. The third-order valence-corrected chi connectivity index (χ3v) is 2.42. The maximum atomic E-state index is 11.6. The summed E-state index contributed by atoms with van der Waals surface area (Å²) >= 11 is 0. The molecule has 0 saturated heterocycles. The molecule has 0 radical (unpaired) electrons. The zero-order valence-electron chi connectivity index (χ0n) is 10.7. The van der Waals surface area contributed by atoms with Crippen LogP contribution < -0.4 is 10.6 Å². The lowest BCUT2D eigenvalue weighted by molar-refractivity contribution is -0.121. The van der Waals surface area contributed by atoms with Crippen LogP contribution in [0.25, 0.3) is 0 Å². The molecule has 0 fully saturated rings. The fourth-order valence-corrected chi connectivity index (χ4v) is 1.69. The van der Waals surface area contributed by atoms with Crippen LogP contribution in [0.15, 0.2) is 30.3 Å². The molecule has 0 saturated carbocycles. The second-order valence-electron chi connectivity index (χ2n) is 4.32. The molecule has 1 aromatic rings. The van der Waals surface area contributed by atoms with Crippen molar-refractivity contribution in [3.63, 3.8) is 0 Å². The van der Waals surface area contributed by atoms with Gasteiger partial charge in [-0.05, 0) is 26.7 Å². The van der Waals surface area contributed by atoms with Crippen LogP contribution in [-0.4, -0.2) is 45.0 Å². The van der Waals surface area contributed by atoms with Crippen LogP contribution >= 0.6 is 0 Å². The lowest BCUT2D eigenvalue weighted by Gasteiger charge is -2.22. The summed E-state index contributed by atoms with van der Waals surface area (Å²) in [7, 11) is 5.77. The summed E-state index contributed by atoms with van der Waals surface area (Å²) in [5.41, 5.74) is 1.13. The first-order valence-electron chi connectivity index (χ1n) is 5.77. The molecule has 17 heavy (non-hydrogen) atoms. The summed E-state index contributed by atoms with van der Waals surface area (Å²) in [6.07, 6.45) is 0. The number of nitrogens with zero attached hydrogens (tertiary/aromatic N) is 1. The smallest absolute Gasteiger partial charge is 0.234 e. The third kappa shape index (κ3) is 4.97. The lowest BCUT2D eigenvalue weighted by atomic mass is 10.1. The molecule has 1 aromatic carbocycles. The monoisotopic (exact) mass is 235 g/mol. The Balaban J connectivity index is 2.70. The molecular formula is C13H21N3O. The Hall–Kier alpha value is -1.39. The van der Waals surface area contributed by atoms with Gasteiger partial charge in [0.15, 0.2) is 0 Å². The van der Waals surface area contributed by atoms with Gasteiger partial charge in [-0.3, -0.25) is 4.79 Å². The van der Waals surface area contributed by atoms with Gasteiger partial charge in [-0.25, -0.2) is 0 Å². The number of carbonyl (C=O) groups is 1. The number of benzene rings is 1. The van der Waals surface area contributed by atoms with E-state index < -0.39 is 0 Å². The van der Waals surface area contributed by atoms with Crippen LogP contribution in [-0.2, 0) is 4.79 Å². The van der Waals surface area contributed by atoms with E-state index in [0.717, 1.165) is 12.1 Å². The number of carbonyl (C=O) groups excluding carboxylic acids is 1. The van der Waals surface area contributed by atoms with E-state index in [4.69, 9.17) is 0 Å². The Labute approximate surface area is 103 Å². The quantitative estimate of drug-likeness (QED) is 0.760. The lowest BCUT2D eigenvalue weighted by Crippen LogP contribution is -2.39. The molecule has 0 aliphatic rings. The van der Waals surface area contributed by atoms with Crippen molar-refractivity contribution >= 4 is 5.91 Å². The van der Waals surface area contributed by atoms with Crippen LogP contribution in [0.5, 0.6) is 0 Å². The minimum absolute atomic E-state index is 0.0169. The summed E-state index contributed by atoms with van der Waals surface area (Å²) in [5.74, 6) is 0.0169. The minimum atomic E-state index is 0.0169. The fraction of sp³-hybridized carbons (Fsp3) is 0.462. The maximum absolute atomic E-state index is 11.6. The zero-order valence-corrected chi connectivity index (χ0v) is 10.7. The zero-order chi connectivity index (χ0) is 12.7. The molecular weight excluding hydrogens is 214 g/mol. The summed E-state index contributed by atoms with van der Waals surface area (Å²) in [5, 5.41) is 5.87. The normalized spacial score (nSPS) is 12.5. The Morgan fingerprint density at radius 3 is 2.47 bits per heavy atom. The van der Waals surface area contributed by atoms with E-state index in [-0.39, 0.29) is 11.9 Å². The number of rotatable bonds is 6. The highest BCUT2D eigenvalue weighted by atomic mass is 16.1. The van der Waals surface area contributed by atoms with Gasteiger partial charge in [0.1, 0.15) is 0 Å². The Bertz CT molecular complexity index is 338. The average Bonchev–Trinajstić information content (AvgIpc) is 2.29. The standard InChI is InChI=1S/C13H21N3O/c1-14-9-13(17)15-12(10-16(2)3)11-7-5-4-6-8-11/h4-8,12,14H,9-10H2,1-3H3,(H,15,17). The number of nitrogens with one attached hydrogen (secondary N) is 2. The predicted octanol–water partition coefficient (Wildman–Crippen LogP) is 0.625. The summed E-state index contributed by atoms with van der Waals surface area (Å²) in [4.78, 5) is 13.7. The van der Waals surface area contributed by atoms with Gasteiger partial charge in [-0.15, -0.1) is 0 Å². The number of amides is 1. The largest absolute Gasteiger partial charge is 0.347 e. The molecule has 1 atom stereocenters. The van der Waals surface area contributed by atoms with E-state index >= 15 is 0 Å². The van der Waals surface area contributed by atoms with Crippen LogP contribution in [0, 0.1) is 0 Å². The molecule has 0 aliphatic carbocycles. The second kappa shape index (κ2) is 7.04. The molecule has 4 nitrogen and oxygen atoms in total. The van der Waals surface area contributed by atoms with Crippen LogP contribution in [0.2, 0.25) is 0 Å². The van der Waals surface area contributed by atoms with Gasteiger partial charge in [0.25, 0.3) is 0 Å². The van der Waals surface area contributed by atoms with Gasteiger partial charge in [-0.2, -0.15) is 0 Å². The van der Waals surface area contributed by atoms with Crippen molar-refractivity contribution in [2.75, 3.05) is 34.2 Å². The Kier molecular flexibility index (Phi) is 5.66. The highest BCUT2D eigenvalue weighted by molar-refractivity contribution is 5.78. The van der Waals surface area contributed by atoms with Gasteiger partial charge in [0.2, 0.25) is 5.91 Å². The van der Waals surface area contributed by atoms with Crippen LogP contribution in [0.1, 0.15) is 11.6 Å². The van der Waals surface area contributed by atoms with Gasteiger partial charge in [0, 0.05) is 6.54 Å². The van der Waals surface area contributed by atoms with Crippen molar-refractivity contribution in [1.29, 1.82) is 0 Å². The van der Waals surface area contributed by atoms with Gasteiger partial charge in [0.05, 0.1) is 12.6 Å². The molecule has 2 N–H and O–H groups in total. The van der Waals surface area contributed by atoms with Crippen molar-refractivity contribution in [2.45, 2.75) is 6.04 Å². The number of likely N-dealkylation sites (N-methyl/N-ethyl adjacent to an activating group) is 2. The van der Waals surface area contributed by atoms with E-state index in [0.29, 0.717) is 6.54 Å². The predicted molar refractivity (Wildman–Crippen MR) is 69.8 cm³/mol. The molecule has 0 bridgehead atoms. The summed E-state index contributed by atoms with van der Waals surface area (Å²) in [6.45, 7) is 1.14. The summed E-state index contributed by atoms with van der Waals surface area (Å²) < 4.78 is 0. The maximum Gasteiger partial charge on any atom is 0.234 e. The van der Waals surface area contributed by atoms with Crippen molar-refractivity contribution in [3.05, 3.63) is 35.9 Å². The molecule has 0 aromatic heterocycles. The first-order valence-corrected chi connectivity index (χ1v) is 5.77. The van der Waals surface area contributed by atoms with Crippen LogP contribution in [0.4, 0.5) is 0 Å². The van der Waals surface area contributed by atoms with Crippen molar-refractivity contribution in [2.24, 2.45) is 0 Å². The molecule has 0 spiro atoms.